The Hall–Kier alpha value is -0.580. The molecule has 1 aliphatic heterocycles. The number of ether oxygens (including phenoxy) is 2. The van der Waals surface area contributed by atoms with Crippen molar-refractivity contribution in [1.29, 1.82) is 0 Å². The molecule has 2 aliphatic rings. The molecule has 1 heterocycles. The van der Waals surface area contributed by atoms with Gasteiger partial charge in [-0.3, -0.25) is 0 Å². The van der Waals surface area contributed by atoms with Crippen molar-refractivity contribution >= 4 is 15.9 Å². The van der Waals surface area contributed by atoms with Crippen LogP contribution in [0.5, 0.6) is 5.75 Å². The van der Waals surface area contributed by atoms with Gasteiger partial charge in [-0.2, -0.15) is 0 Å². The lowest BCUT2D eigenvalue weighted by Crippen LogP contribution is -2.20. The van der Waals surface area contributed by atoms with Crippen molar-refractivity contribution in [3.8, 4) is 5.75 Å². The van der Waals surface area contributed by atoms with Crippen LogP contribution in [-0.2, 0) is 16.9 Å². The maximum atomic E-state index is 6.19. The molecule has 0 radical (unpaired) electrons. The molecule has 80 valence electrons. The van der Waals surface area contributed by atoms with Gasteiger partial charge < -0.3 is 15.2 Å². The van der Waals surface area contributed by atoms with E-state index >= 15 is 0 Å². The molecular weight excluding hydrogens is 258 g/mol. The zero-order valence-electron chi connectivity index (χ0n) is 8.25. The molecule has 0 amide bonds. The summed E-state index contributed by atoms with van der Waals surface area (Å²) >= 11 is 3.56. The first-order chi connectivity index (χ1) is 7.19. The van der Waals surface area contributed by atoms with Gasteiger partial charge in [0.25, 0.3) is 0 Å². The van der Waals surface area contributed by atoms with Crippen molar-refractivity contribution in [2.75, 3.05) is 6.79 Å². The van der Waals surface area contributed by atoms with Crippen LogP contribution in [0.2, 0.25) is 0 Å². The van der Waals surface area contributed by atoms with Crippen LogP contribution >= 0.6 is 15.9 Å². The Balaban J connectivity index is 2.08. The number of halogens is 1. The molecule has 3 rings (SSSR count). The number of nitrogens with two attached hydrogens (primary N) is 1. The number of benzene rings is 1. The van der Waals surface area contributed by atoms with Gasteiger partial charge in [0.05, 0.1) is 6.61 Å². The minimum absolute atomic E-state index is 0.129. The molecule has 0 saturated heterocycles. The summed E-state index contributed by atoms with van der Waals surface area (Å²) in [4.78, 5) is 0. The molecule has 0 atom stereocenters. The van der Waals surface area contributed by atoms with Gasteiger partial charge in [0, 0.05) is 15.6 Å². The third-order valence-electron chi connectivity index (χ3n) is 3.03. The SMILES string of the molecule is NC1(c2cc3c(cc2Br)COCO3)CC1. The summed E-state index contributed by atoms with van der Waals surface area (Å²) < 4.78 is 11.7. The molecule has 1 aromatic carbocycles. The summed E-state index contributed by atoms with van der Waals surface area (Å²) in [5.74, 6) is 0.913. The topological polar surface area (TPSA) is 44.5 Å². The lowest BCUT2D eigenvalue weighted by Gasteiger charge is -2.21. The van der Waals surface area contributed by atoms with Crippen LogP contribution in [0.25, 0.3) is 0 Å². The van der Waals surface area contributed by atoms with E-state index in [9.17, 15) is 0 Å². The fourth-order valence-corrected chi connectivity index (χ4v) is 2.67. The van der Waals surface area contributed by atoms with E-state index in [-0.39, 0.29) is 5.54 Å². The Labute approximate surface area is 96.7 Å². The number of hydrogen-bond donors (Lipinski definition) is 1. The fraction of sp³-hybridized carbons (Fsp3) is 0.455. The van der Waals surface area contributed by atoms with Gasteiger partial charge in [-0.1, -0.05) is 15.9 Å². The van der Waals surface area contributed by atoms with E-state index in [1.54, 1.807) is 0 Å². The fourth-order valence-electron chi connectivity index (χ4n) is 1.88. The maximum absolute atomic E-state index is 6.19. The largest absolute Gasteiger partial charge is 0.467 e. The van der Waals surface area contributed by atoms with Crippen LogP contribution in [0.3, 0.4) is 0 Å². The van der Waals surface area contributed by atoms with E-state index in [1.807, 2.05) is 0 Å². The van der Waals surface area contributed by atoms with E-state index < -0.39 is 0 Å². The zero-order valence-corrected chi connectivity index (χ0v) is 9.84. The molecule has 1 saturated carbocycles. The average molecular weight is 270 g/mol. The standard InChI is InChI=1S/C11H12BrNO2/c12-9-3-7-5-14-6-15-10(7)4-8(9)11(13)1-2-11/h3-4H,1-2,5-6,13H2. The molecule has 0 unspecified atom stereocenters. The van der Waals surface area contributed by atoms with Crippen LogP contribution in [0.4, 0.5) is 0 Å². The van der Waals surface area contributed by atoms with Gasteiger partial charge >= 0.3 is 0 Å². The molecule has 1 fully saturated rings. The van der Waals surface area contributed by atoms with E-state index in [0.717, 1.165) is 34.2 Å². The molecular formula is C11H12BrNO2. The first-order valence-corrected chi connectivity index (χ1v) is 5.81. The monoisotopic (exact) mass is 269 g/mol. The van der Waals surface area contributed by atoms with Crippen molar-refractivity contribution in [3.63, 3.8) is 0 Å². The molecule has 0 bridgehead atoms. The van der Waals surface area contributed by atoms with Crippen LogP contribution in [0.15, 0.2) is 16.6 Å². The van der Waals surface area contributed by atoms with Crippen molar-refractivity contribution < 1.29 is 9.47 Å². The molecule has 0 spiro atoms. The third-order valence-corrected chi connectivity index (χ3v) is 3.69. The van der Waals surface area contributed by atoms with Gasteiger partial charge in [-0.05, 0) is 30.5 Å². The first-order valence-electron chi connectivity index (χ1n) is 5.01. The van der Waals surface area contributed by atoms with E-state index in [1.165, 1.54) is 0 Å². The Morgan fingerprint density at radius 2 is 2.13 bits per heavy atom. The summed E-state index contributed by atoms with van der Waals surface area (Å²) in [6.07, 6.45) is 2.11. The second kappa shape index (κ2) is 3.20. The first kappa shape index (κ1) is 9.63. The quantitative estimate of drug-likeness (QED) is 0.851. The van der Waals surface area contributed by atoms with Crippen LogP contribution in [0, 0.1) is 0 Å². The van der Waals surface area contributed by atoms with Crippen LogP contribution in [-0.4, -0.2) is 6.79 Å². The smallest absolute Gasteiger partial charge is 0.189 e. The Bertz CT molecular complexity index is 415. The van der Waals surface area contributed by atoms with Gasteiger partial charge in [0.1, 0.15) is 5.75 Å². The summed E-state index contributed by atoms with van der Waals surface area (Å²) in [5.41, 5.74) is 8.30. The third kappa shape index (κ3) is 1.57. The number of fused-ring (bicyclic) bond motifs is 1. The summed E-state index contributed by atoms with van der Waals surface area (Å²) in [5, 5.41) is 0. The molecule has 2 N–H and O–H groups in total. The van der Waals surface area contributed by atoms with Crippen molar-refractivity contribution in [2.24, 2.45) is 5.73 Å². The van der Waals surface area contributed by atoms with Crippen LogP contribution in [0.1, 0.15) is 24.0 Å². The highest BCUT2D eigenvalue weighted by Crippen LogP contribution is 2.47. The highest BCUT2D eigenvalue weighted by molar-refractivity contribution is 9.10. The minimum atomic E-state index is -0.129. The minimum Gasteiger partial charge on any atom is -0.467 e. The summed E-state index contributed by atoms with van der Waals surface area (Å²) in [7, 11) is 0. The predicted octanol–water partition coefficient (Wildman–Crippen LogP) is 2.26. The van der Waals surface area contributed by atoms with E-state index in [2.05, 4.69) is 28.1 Å². The van der Waals surface area contributed by atoms with E-state index in [4.69, 9.17) is 15.2 Å². The summed E-state index contributed by atoms with van der Waals surface area (Å²) in [6, 6.07) is 4.10. The number of hydrogen-bond acceptors (Lipinski definition) is 3. The van der Waals surface area contributed by atoms with Gasteiger partial charge in [-0.25, -0.2) is 0 Å². The Morgan fingerprint density at radius 1 is 1.33 bits per heavy atom. The maximum Gasteiger partial charge on any atom is 0.189 e. The molecule has 1 aliphatic carbocycles. The Morgan fingerprint density at radius 3 is 2.87 bits per heavy atom. The summed E-state index contributed by atoms with van der Waals surface area (Å²) in [6.45, 7) is 0.956. The van der Waals surface area contributed by atoms with Gasteiger partial charge in [0.15, 0.2) is 6.79 Å². The molecule has 4 heteroatoms. The lowest BCUT2D eigenvalue weighted by atomic mass is 10.0. The van der Waals surface area contributed by atoms with Crippen LogP contribution < -0.4 is 10.5 Å². The molecule has 15 heavy (non-hydrogen) atoms. The number of rotatable bonds is 1. The zero-order chi connectivity index (χ0) is 10.5. The average Bonchev–Trinajstić information content (AvgIpc) is 2.96. The van der Waals surface area contributed by atoms with Crippen molar-refractivity contribution in [3.05, 3.63) is 27.7 Å². The van der Waals surface area contributed by atoms with Crippen molar-refractivity contribution in [1.82, 2.24) is 0 Å². The molecule has 0 aromatic heterocycles. The normalized spacial score (nSPS) is 21.7. The lowest BCUT2D eigenvalue weighted by molar-refractivity contribution is -0.0165. The highest BCUT2D eigenvalue weighted by Gasteiger charge is 2.42. The van der Waals surface area contributed by atoms with Gasteiger partial charge in [0.2, 0.25) is 0 Å². The second-order valence-electron chi connectivity index (χ2n) is 4.21. The predicted molar refractivity (Wildman–Crippen MR) is 59.5 cm³/mol. The Kier molecular flexibility index (Phi) is 2.06. The highest BCUT2D eigenvalue weighted by atomic mass is 79.9. The van der Waals surface area contributed by atoms with Gasteiger partial charge in [-0.15, -0.1) is 0 Å². The second-order valence-corrected chi connectivity index (χ2v) is 5.06. The van der Waals surface area contributed by atoms with Crippen molar-refractivity contribution in [2.45, 2.75) is 25.0 Å². The van der Waals surface area contributed by atoms with E-state index in [0.29, 0.717) is 13.4 Å². The molecule has 3 nitrogen and oxygen atoms in total. The molecule has 1 aromatic rings.